The smallest absolute Gasteiger partial charge is 0.306 e. The lowest BCUT2D eigenvalue weighted by Gasteiger charge is -2.28. The lowest BCUT2D eigenvalue weighted by Crippen LogP contribution is -2.37. The predicted molar refractivity (Wildman–Crippen MR) is 218 cm³/mol. The molecule has 0 spiro atoms. The molecule has 0 saturated carbocycles. The largest absolute Gasteiger partial charge is 0.756 e. The van der Waals surface area contributed by atoms with E-state index in [0.717, 1.165) is 70.6 Å². The fourth-order valence-corrected chi connectivity index (χ4v) is 6.49. The molecule has 0 radical (unpaired) electrons. The number of phosphoric acid groups is 1. The summed E-state index contributed by atoms with van der Waals surface area (Å²) in [5.74, 6) is -0.848. The van der Waals surface area contributed by atoms with Gasteiger partial charge in [0.2, 0.25) is 0 Å². The van der Waals surface area contributed by atoms with Crippen LogP contribution in [0.1, 0.15) is 187 Å². The highest BCUT2D eigenvalue weighted by atomic mass is 31.2. The van der Waals surface area contributed by atoms with Gasteiger partial charge < -0.3 is 27.9 Å². The van der Waals surface area contributed by atoms with E-state index in [1.165, 1.54) is 83.5 Å². The molecule has 0 aromatic heterocycles. The van der Waals surface area contributed by atoms with Crippen LogP contribution in [-0.2, 0) is 32.7 Å². The molecule has 0 fully saturated rings. The SMILES string of the molecule is CCCCC/C=C\CCCCCCCC(=O)O[C@H](COC(=O)CCCCCCCCC/C=C\CCCCCCCC)COP(=O)([O-])OCC[N+](C)(C)C. The molecule has 0 amide bonds. The lowest BCUT2D eigenvalue weighted by atomic mass is 10.1. The van der Waals surface area contributed by atoms with Crippen LogP contribution in [0.3, 0.4) is 0 Å². The number of hydrogen-bond acceptors (Lipinski definition) is 8. The average Bonchev–Trinajstić information content (AvgIpc) is 3.10. The molecular weight excluding hydrogens is 689 g/mol. The molecule has 0 aromatic rings. The van der Waals surface area contributed by atoms with Crippen molar-refractivity contribution in [1.29, 1.82) is 0 Å². The molecule has 10 heteroatoms. The number of allylic oxidation sites excluding steroid dienone is 4. The maximum Gasteiger partial charge on any atom is 0.306 e. The normalized spacial score (nSPS) is 13.8. The Morgan fingerprint density at radius 2 is 0.962 bits per heavy atom. The van der Waals surface area contributed by atoms with Crippen molar-refractivity contribution in [3.63, 3.8) is 0 Å². The van der Waals surface area contributed by atoms with Crippen molar-refractivity contribution in [1.82, 2.24) is 0 Å². The number of unbranched alkanes of at least 4 members (excludes halogenated alkanes) is 21. The van der Waals surface area contributed by atoms with Crippen molar-refractivity contribution >= 4 is 19.8 Å². The minimum Gasteiger partial charge on any atom is -0.756 e. The summed E-state index contributed by atoms with van der Waals surface area (Å²) in [5.41, 5.74) is 0. The molecule has 0 aliphatic rings. The number of esters is 2. The molecule has 0 bridgehead atoms. The summed E-state index contributed by atoms with van der Waals surface area (Å²) in [4.78, 5) is 37.4. The maximum absolute atomic E-state index is 12.6. The van der Waals surface area contributed by atoms with Crippen molar-refractivity contribution in [3.8, 4) is 0 Å². The zero-order chi connectivity index (χ0) is 39.3. The maximum atomic E-state index is 12.6. The van der Waals surface area contributed by atoms with Gasteiger partial charge in [0.1, 0.15) is 19.8 Å². The van der Waals surface area contributed by atoms with Gasteiger partial charge in [-0.05, 0) is 64.2 Å². The van der Waals surface area contributed by atoms with Gasteiger partial charge in [-0.3, -0.25) is 14.2 Å². The Kier molecular flexibility index (Phi) is 35.1. The van der Waals surface area contributed by atoms with Crippen molar-refractivity contribution in [2.75, 3.05) is 47.5 Å². The van der Waals surface area contributed by atoms with Gasteiger partial charge in [0.05, 0.1) is 27.7 Å². The van der Waals surface area contributed by atoms with Crippen LogP contribution in [0.15, 0.2) is 24.3 Å². The second kappa shape index (κ2) is 36.1. The fourth-order valence-electron chi connectivity index (χ4n) is 5.76. The quantitative estimate of drug-likeness (QED) is 0.0200. The van der Waals surface area contributed by atoms with Crippen LogP contribution in [0, 0.1) is 0 Å². The summed E-state index contributed by atoms with van der Waals surface area (Å²) in [6.45, 7) is 4.18. The van der Waals surface area contributed by atoms with Crippen molar-refractivity contribution < 1.29 is 42.1 Å². The Morgan fingerprint density at radius 1 is 0.566 bits per heavy atom. The zero-order valence-corrected chi connectivity index (χ0v) is 35.9. The Balaban J connectivity index is 4.35. The average molecular weight is 772 g/mol. The standard InChI is InChI=1S/C43H82NO8P/c1-6-8-10-12-14-16-18-20-21-22-23-24-26-27-29-31-33-35-42(45)49-39-41(40-51-53(47,48)50-38-37-44(3,4)5)52-43(46)36-34-32-30-28-25-19-17-15-13-11-9-7-2/h15,17,20-21,41H,6-14,16,18-19,22-40H2,1-5H3/b17-15-,21-20-/t41-/m1/s1. The van der Waals surface area contributed by atoms with E-state index in [1.807, 2.05) is 21.1 Å². The van der Waals surface area contributed by atoms with Crippen LogP contribution in [0.5, 0.6) is 0 Å². The molecule has 0 aliphatic carbocycles. The number of hydrogen-bond donors (Lipinski definition) is 0. The van der Waals surface area contributed by atoms with Crippen molar-refractivity contribution in [2.24, 2.45) is 0 Å². The van der Waals surface area contributed by atoms with Gasteiger partial charge in [0.15, 0.2) is 6.10 Å². The van der Waals surface area contributed by atoms with E-state index < -0.39 is 26.5 Å². The van der Waals surface area contributed by atoms with Gasteiger partial charge in [-0.2, -0.15) is 0 Å². The third-order valence-electron chi connectivity index (χ3n) is 9.19. The Hall–Kier alpha value is -1.51. The Morgan fingerprint density at radius 3 is 1.43 bits per heavy atom. The summed E-state index contributed by atoms with van der Waals surface area (Å²) in [6.07, 6.45) is 37.7. The number of quaternary nitrogens is 1. The number of phosphoric ester groups is 1. The van der Waals surface area contributed by atoms with E-state index in [1.54, 1.807) is 0 Å². The van der Waals surface area contributed by atoms with Crippen LogP contribution in [0.2, 0.25) is 0 Å². The summed E-state index contributed by atoms with van der Waals surface area (Å²) in [5, 5.41) is 0. The van der Waals surface area contributed by atoms with Crippen LogP contribution in [0.25, 0.3) is 0 Å². The van der Waals surface area contributed by atoms with Crippen LogP contribution >= 0.6 is 7.82 Å². The van der Waals surface area contributed by atoms with E-state index in [0.29, 0.717) is 17.4 Å². The number of nitrogens with zero attached hydrogens (tertiary/aromatic N) is 1. The molecule has 0 aromatic carbocycles. The third-order valence-corrected chi connectivity index (χ3v) is 10.2. The van der Waals surface area contributed by atoms with Gasteiger partial charge >= 0.3 is 11.9 Å². The molecule has 1 unspecified atom stereocenters. The number of carbonyl (C=O) groups is 2. The first-order valence-electron chi connectivity index (χ1n) is 21.5. The van der Waals surface area contributed by atoms with E-state index in [-0.39, 0.29) is 32.0 Å². The highest BCUT2D eigenvalue weighted by Crippen LogP contribution is 2.38. The lowest BCUT2D eigenvalue weighted by molar-refractivity contribution is -0.870. The van der Waals surface area contributed by atoms with E-state index in [2.05, 4.69) is 38.2 Å². The molecule has 0 saturated heterocycles. The zero-order valence-electron chi connectivity index (χ0n) is 35.0. The van der Waals surface area contributed by atoms with E-state index in [9.17, 15) is 19.0 Å². The molecule has 312 valence electrons. The molecule has 0 rings (SSSR count). The molecular formula is C43H82NO8P. The summed E-state index contributed by atoms with van der Waals surface area (Å²) in [6, 6.07) is 0. The first-order chi connectivity index (χ1) is 25.5. The first-order valence-corrected chi connectivity index (χ1v) is 23.0. The van der Waals surface area contributed by atoms with E-state index in [4.69, 9.17) is 18.5 Å². The highest BCUT2D eigenvalue weighted by molar-refractivity contribution is 7.45. The van der Waals surface area contributed by atoms with Crippen molar-refractivity contribution in [3.05, 3.63) is 24.3 Å². The van der Waals surface area contributed by atoms with Gasteiger partial charge in [-0.25, -0.2) is 0 Å². The third kappa shape index (κ3) is 40.0. The molecule has 2 atom stereocenters. The Labute approximate surface area is 326 Å². The molecule has 53 heavy (non-hydrogen) atoms. The second-order valence-corrected chi connectivity index (χ2v) is 17.1. The van der Waals surface area contributed by atoms with Gasteiger partial charge in [0, 0.05) is 12.8 Å². The number of rotatable bonds is 39. The van der Waals surface area contributed by atoms with Gasteiger partial charge in [-0.15, -0.1) is 0 Å². The van der Waals surface area contributed by atoms with Gasteiger partial charge in [0.25, 0.3) is 7.82 Å². The second-order valence-electron chi connectivity index (χ2n) is 15.7. The Bertz CT molecular complexity index is 964. The minimum absolute atomic E-state index is 0.0321. The highest BCUT2D eigenvalue weighted by Gasteiger charge is 2.21. The minimum atomic E-state index is -4.62. The van der Waals surface area contributed by atoms with Gasteiger partial charge in [-0.1, -0.05) is 134 Å². The predicted octanol–water partition coefficient (Wildman–Crippen LogP) is 11.3. The number of ether oxygens (including phenoxy) is 2. The number of carbonyl (C=O) groups excluding carboxylic acids is 2. The molecule has 9 nitrogen and oxygen atoms in total. The van der Waals surface area contributed by atoms with Crippen LogP contribution < -0.4 is 4.89 Å². The van der Waals surface area contributed by atoms with Crippen molar-refractivity contribution in [2.45, 2.75) is 193 Å². The number of likely N-dealkylation sites (N-methyl/N-ethyl adjacent to an activating group) is 1. The first kappa shape index (κ1) is 51.5. The summed E-state index contributed by atoms with van der Waals surface area (Å²) in [7, 11) is 1.16. The van der Waals surface area contributed by atoms with Crippen LogP contribution in [-0.4, -0.2) is 70.0 Å². The molecule has 0 N–H and O–H groups in total. The summed E-state index contributed by atoms with van der Waals surface area (Å²) < 4.78 is 33.8. The fraction of sp³-hybridized carbons (Fsp3) is 0.860. The molecule has 0 heterocycles. The monoisotopic (exact) mass is 772 g/mol. The topological polar surface area (TPSA) is 111 Å². The van der Waals surface area contributed by atoms with E-state index >= 15 is 0 Å². The van der Waals surface area contributed by atoms with Crippen LogP contribution in [0.4, 0.5) is 0 Å². The summed E-state index contributed by atoms with van der Waals surface area (Å²) >= 11 is 0. The molecule has 0 aliphatic heterocycles.